The van der Waals surface area contributed by atoms with Crippen LogP contribution in [0, 0.1) is 0 Å². The van der Waals surface area contributed by atoms with Crippen LogP contribution in [-0.4, -0.2) is 15.3 Å². The van der Waals surface area contributed by atoms with Crippen molar-refractivity contribution >= 4 is 12.2 Å². The molecule has 0 unspecified atom stereocenters. The molecule has 2 aromatic rings. The molecule has 0 aliphatic rings. The van der Waals surface area contributed by atoms with Crippen LogP contribution in [0.15, 0.2) is 42.5 Å². The van der Waals surface area contributed by atoms with Crippen LogP contribution in [-0.2, 0) is 6.61 Å². The van der Waals surface area contributed by atoms with Gasteiger partial charge in [-0.3, -0.25) is 0 Å². The Morgan fingerprint density at radius 2 is 1.61 bits per heavy atom. The predicted molar refractivity (Wildman–Crippen MR) is 71.1 cm³/mol. The van der Waals surface area contributed by atoms with Gasteiger partial charge in [0.25, 0.3) is 0 Å². The van der Waals surface area contributed by atoms with Crippen molar-refractivity contribution in [3.8, 4) is 11.5 Å². The monoisotopic (exact) mass is 242 g/mol. The summed E-state index contributed by atoms with van der Waals surface area (Å²) in [7, 11) is 0. The molecule has 18 heavy (non-hydrogen) atoms. The van der Waals surface area contributed by atoms with Gasteiger partial charge in [0, 0.05) is 5.56 Å². The third-order valence-electron chi connectivity index (χ3n) is 2.66. The van der Waals surface area contributed by atoms with E-state index in [9.17, 15) is 10.2 Å². The SMILES string of the molecule is OCc1ccc(/C=C/c2cccc(O)c2O)cc1. The lowest BCUT2D eigenvalue weighted by molar-refractivity contribution is 0.282. The molecule has 0 aliphatic heterocycles. The van der Waals surface area contributed by atoms with Crippen molar-refractivity contribution in [3.63, 3.8) is 0 Å². The summed E-state index contributed by atoms with van der Waals surface area (Å²) in [5.74, 6) is -0.256. The zero-order chi connectivity index (χ0) is 13.0. The van der Waals surface area contributed by atoms with E-state index in [-0.39, 0.29) is 18.1 Å². The van der Waals surface area contributed by atoms with Gasteiger partial charge in [-0.25, -0.2) is 0 Å². The summed E-state index contributed by atoms with van der Waals surface area (Å²) in [6.07, 6.45) is 3.55. The molecule has 0 fully saturated rings. The number of para-hydroxylation sites is 1. The highest BCUT2D eigenvalue weighted by Crippen LogP contribution is 2.29. The molecule has 3 nitrogen and oxygen atoms in total. The van der Waals surface area contributed by atoms with Gasteiger partial charge in [-0.2, -0.15) is 0 Å². The van der Waals surface area contributed by atoms with Gasteiger partial charge < -0.3 is 15.3 Å². The number of rotatable bonds is 3. The van der Waals surface area contributed by atoms with Crippen LogP contribution in [0.2, 0.25) is 0 Å². The third kappa shape index (κ3) is 2.70. The van der Waals surface area contributed by atoms with Gasteiger partial charge in [-0.15, -0.1) is 0 Å². The number of hydrogen-bond acceptors (Lipinski definition) is 3. The van der Waals surface area contributed by atoms with Crippen molar-refractivity contribution in [1.29, 1.82) is 0 Å². The normalized spacial score (nSPS) is 10.9. The van der Waals surface area contributed by atoms with Gasteiger partial charge in [0.05, 0.1) is 6.61 Å². The van der Waals surface area contributed by atoms with Gasteiger partial charge in [0.15, 0.2) is 11.5 Å². The molecule has 0 aliphatic carbocycles. The number of hydrogen-bond donors (Lipinski definition) is 3. The summed E-state index contributed by atoms with van der Waals surface area (Å²) < 4.78 is 0. The zero-order valence-electron chi connectivity index (χ0n) is 9.74. The van der Waals surface area contributed by atoms with Crippen LogP contribution < -0.4 is 0 Å². The molecule has 92 valence electrons. The van der Waals surface area contributed by atoms with E-state index in [1.54, 1.807) is 18.2 Å². The highest BCUT2D eigenvalue weighted by molar-refractivity contribution is 5.73. The van der Waals surface area contributed by atoms with E-state index in [4.69, 9.17) is 5.11 Å². The van der Waals surface area contributed by atoms with Crippen molar-refractivity contribution in [2.75, 3.05) is 0 Å². The Kier molecular flexibility index (Phi) is 3.65. The average molecular weight is 242 g/mol. The number of benzene rings is 2. The average Bonchev–Trinajstić information content (AvgIpc) is 2.41. The van der Waals surface area contributed by atoms with E-state index in [2.05, 4.69) is 0 Å². The molecule has 0 bridgehead atoms. The topological polar surface area (TPSA) is 60.7 Å². The Morgan fingerprint density at radius 1 is 0.889 bits per heavy atom. The van der Waals surface area contributed by atoms with Crippen molar-refractivity contribution in [1.82, 2.24) is 0 Å². The molecule has 2 rings (SSSR count). The molecular weight excluding hydrogens is 228 g/mol. The van der Waals surface area contributed by atoms with Gasteiger partial charge in [0.2, 0.25) is 0 Å². The Labute approximate surface area is 105 Å². The van der Waals surface area contributed by atoms with Crippen molar-refractivity contribution < 1.29 is 15.3 Å². The molecule has 0 amide bonds. The molecule has 3 N–H and O–H groups in total. The quantitative estimate of drug-likeness (QED) is 0.573. The van der Waals surface area contributed by atoms with Gasteiger partial charge in [-0.05, 0) is 17.2 Å². The molecule has 3 heteroatoms. The third-order valence-corrected chi connectivity index (χ3v) is 2.66. The Bertz CT molecular complexity index is 556. The van der Waals surface area contributed by atoms with Crippen LogP contribution in [0.1, 0.15) is 16.7 Å². The maximum atomic E-state index is 9.62. The van der Waals surface area contributed by atoms with E-state index in [1.165, 1.54) is 6.07 Å². The first-order chi connectivity index (χ1) is 8.70. The first-order valence-electron chi connectivity index (χ1n) is 5.59. The molecule has 0 heterocycles. The van der Waals surface area contributed by atoms with Crippen LogP contribution >= 0.6 is 0 Å². The fourth-order valence-electron chi connectivity index (χ4n) is 1.60. The molecular formula is C15H14O3. The number of phenols is 2. The molecule has 0 radical (unpaired) electrons. The van der Waals surface area contributed by atoms with Crippen LogP contribution in [0.25, 0.3) is 12.2 Å². The zero-order valence-corrected chi connectivity index (χ0v) is 9.74. The summed E-state index contributed by atoms with van der Waals surface area (Å²) in [5.41, 5.74) is 2.36. The lowest BCUT2D eigenvalue weighted by atomic mass is 10.1. The maximum Gasteiger partial charge on any atom is 0.164 e. The standard InChI is InChI=1S/C15H14O3/c16-10-12-6-4-11(5-7-12)8-9-13-2-1-3-14(17)15(13)18/h1-9,16-18H,10H2/b9-8+. The second kappa shape index (κ2) is 5.38. The summed E-state index contributed by atoms with van der Waals surface area (Å²) in [4.78, 5) is 0. The second-order valence-corrected chi connectivity index (χ2v) is 3.95. The minimum Gasteiger partial charge on any atom is -0.504 e. The molecule has 0 aromatic heterocycles. The summed E-state index contributed by atoms with van der Waals surface area (Å²) in [6, 6.07) is 12.2. The van der Waals surface area contributed by atoms with E-state index in [1.807, 2.05) is 30.3 Å². The Balaban J connectivity index is 2.21. The van der Waals surface area contributed by atoms with Gasteiger partial charge >= 0.3 is 0 Å². The Hall–Kier alpha value is -2.26. The van der Waals surface area contributed by atoms with Crippen LogP contribution in [0.4, 0.5) is 0 Å². The molecule has 2 aromatic carbocycles. The van der Waals surface area contributed by atoms with E-state index in [0.717, 1.165) is 11.1 Å². The lowest BCUT2D eigenvalue weighted by Gasteiger charge is -2.01. The fourth-order valence-corrected chi connectivity index (χ4v) is 1.60. The second-order valence-electron chi connectivity index (χ2n) is 3.95. The fraction of sp³-hybridized carbons (Fsp3) is 0.0667. The first kappa shape index (κ1) is 12.2. The largest absolute Gasteiger partial charge is 0.504 e. The molecule has 0 saturated carbocycles. The summed E-state index contributed by atoms with van der Waals surface area (Å²) in [6.45, 7) is 0.0251. The highest BCUT2D eigenvalue weighted by Gasteiger charge is 2.01. The van der Waals surface area contributed by atoms with Gasteiger partial charge in [-0.1, -0.05) is 48.6 Å². The smallest absolute Gasteiger partial charge is 0.164 e. The predicted octanol–water partition coefficient (Wildman–Crippen LogP) is 2.76. The van der Waals surface area contributed by atoms with E-state index in [0.29, 0.717) is 5.56 Å². The lowest BCUT2D eigenvalue weighted by Crippen LogP contribution is -1.81. The number of phenolic OH excluding ortho intramolecular Hbond substituents is 2. The molecule has 0 spiro atoms. The van der Waals surface area contributed by atoms with Gasteiger partial charge in [0.1, 0.15) is 0 Å². The minimum absolute atomic E-state index is 0.0251. The molecule has 0 saturated heterocycles. The molecule has 0 atom stereocenters. The minimum atomic E-state index is -0.132. The number of aliphatic hydroxyl groups excluding tert-OH is 1. The van der Waals surface area contributed by atoms with E-state index < -0.39 is 0 Å². The van der Waals surface area contributed by atoms with Crippen molar-refractivity contribution in [3.05, 3.63) is 59.2 Å². The van der Waals surface area contributed by atoms with Crippen LogP contribution in [0.3, 0.4) is 0 Å². The number of aliphatic hydroxyl groups is 1. The van der Waals surface area contributed by atoms with Crippen molar-refractivity contribution in [2.45, 2.75) is 6.61 Å². The van der Waals surface area contributed by atoms with Crippen molar-refractivity contribution in [2.24, 2.45) is 0 Å². The Morgan fingerprint density at radius 3 is 2.28 bits per heavy atom. The number of aromatic hydroxyl groups is 2. The van der Waals surface area contributed by atoms with E-state index >= 15 is 0 Å². The maximum absolute atomic E-state index is 9.62. The highest BCUT2D eigenvalue weighted by atomic mass is 16.3. The summed E-state index contributed by atoms with van der Waals surface area (Å²) in [5, 5.41) is 27.9. The van der Waals surface area contributed by atoms with Crippen LogP contribution in [0.5, 0.6) is 11.5 Å². The first-order valence-corrected chi connectivity index (χ1v) is 5.59. The summed E-state index contributed by atoms with van der Waals surface area (Å²) >= 11 is 0.